The van der Waals surface area contributed by atoms with E-state index in [-0.39, 0.29) is 10.7 Å². The van der Waals surface area contributed by atoms with Crippen molar-refractivity contribution >= 4 is 31.7 Å². The molecule has 0 aliphatic carbocycles. The lowest BCUT2D eigenvalue weighted by molar-refractivity contribution is 0.101. The standard InChI is InChI=1S/C12H16BrNO3S/c1-10(15)11-5-3-6-12(9-11)18(16,17)14(2)8-4-7-13/h3,5-6,9H,4,7-8H2,1-2H3. The van der Waals surface area contributed by atoms with E-state index in [9.17, 15) is 13.2 Å². The fraction of sp³-hybridized carbons (Fsp3) is 0.417. The Bertz CT molecular complexity index is 528. The van der Waals surface area contributed by atoms with Gasteiger partial charge in [0.1, 0.15) is 0 Å². The molecule has 0 fully saturated rings. The zero-order valence-electron chi connectivity index (χ0n) is 10.4. The number of benzene rings is 1. The SMILES string of the molecule is CC(=O)c1cccc(S(=O)(=O)N(C)CCCBr)c1. The van der Waals surface area contributed by atoms with Crippen LogP contribution in [0.2, 0.25) is 0 Å². The van der Waals surface area contributed by atoms with Crippen molar-refractivity contribution in [3.8, 4) is 0 Å². The molecule has 0 heterocycles. The summed E-state index contributed by atoms with van der Waals surface area (Å²) in [5.41, 5.74) is 0.407. The Morgan fingerprint density at radius 3 is 2.61 bits per heavy atom. The summed E-state index contributed by atoms with van der Waals surface area (Å²) in [6.07, 6.45) is 0.738. The maximum absolute atomic E-state index is 12.2. The number of carbonyl (C=O) groups is 1. The van der Waals surface area contributed by atoms with E-state index < -0.39 is 10.0 Å². The molecule has 1 aromatic rings. The van der Waals surface area contributed by atoms with E-state index in [2.05, 4.69) is 15.9 Å². The summed E-state index contributed by atoms with van der Waals surface area (Å²) < 4.78 is 25.7. The minimum absolute atomic E-state index is 0.143. The van der Waals surface area contributed by atoms with E-state index in [1.165, 1.54) is 23.4 Å². The largest absolute Gasteiger partial charge is 0.295 e. The van der Waals surface area contributed by atoms with Crippen LogP contribution in [0.5, 0.6) is 0 Å². The molecule has 0 N–H and O–H groups in total. The van der Waals surface area contributed by atoms with Gasteiger partial charge in [0.25, 0.3) is 0 Å². The van der Waals surface area contributed by atoms with E-state index in [1.807, 2.05) is 0 Å². The zero-order chi connectivity index (χ0) is 13.8. The first-order valence-electron chi connectivity index (χ1n) is 5.53. The highest BCUT2D eigenvalue weighted by molar-refractivity contribution is 9.09. The van der Waals surface area contributed by atoms with Gasteiger partial charge < -0.3 is 0 Å². The van der Waals surface area contributed by atoms with Gasteiger partial charge in [-0.05, 0) is 25.5 Å². The molecule has 0 spiro atoms. The van der Waals surface area contributed by atoms with Crippen LogP contribution in [0.4, 0.5) is 0 Å². The summed E-state index contributed by atoms with van der Waals surface area (Å²) in [5, 5.41) is 0.750. The lowest BCUT2D eigenvalue weighted by Crippen LogP contribution is -2.28. The van der Waals surface area contributed by atoms with Crippen molar-refractivity contribution in [2.45, 2.75) is 18.2 Å². The van der Waals surface area contributed by atoms with Crippen LogP contribution >= 0.6 is 15.9 Å². The number of rotatable bonds is 6. The first kappa shape index (κ1) is 15.3. The summed E-state index contributed by atoms with van der Waals surface area (Å²) in [5.74, 6) is -0.143. The van der Waals surface area contributed by atoms with Crippen LogP contribution in [0.15, 0.2) is 29.2 Å². The van der Waals surface area contributed by atoms with Gasteiger partial charge in [0.15, 0.2) is 5.78 Å². The molecule has 1 rings (SSSR count). The quantitative estimate of drug-likeness (QED) is 0.592. The van der Waals surface area contributed by atoms with Crippen molar-refractivity contribution in [3.63, 3.8) is 0 Å². The van der Waals surface area contributed by atoms with Crippen molar-refractivity contribution < 1.29 is 13.2 Å². The Kier molecular flexibility index (Phi) is 5.49. The number of ketones is 1. The molecule has 0 saturated heterocycles. The number of halogens is 1. The Hall–Kier alpha value is -0.720. The molecule has 0 saturated carbocycles. The van der Waals surface area contributed by atoms with Crippen molar-refractivity contribution in [2.75, 3.05) is 18.9 Å². The molecule has 0 amide bonds. The molecule has 4 nitrogen and oxygen atoms in total. The Morgan fingerprint density at radius 2 is 2.06 bits per heavy atom. The number of alkyl halides is 1. The summed E-state index contributed by atoms with van der Waals surface area (Å²) in [4.78, 5) is 11.4. The third-order valence-corrected chi connectivity index (χ3v) is 4.97. The van der Waals surface area contributed by atoms with Crippen molar-refractivity contribution in [2.24, 2.45) is 0 Å². The van der Waals surface area contributed by atoms with Crippen LogP contribution in [-0.2, 0) is 10.0 Å². The molecule has 0 atom stereocenters. The van der Waals surface area contributed by atoms with Crippen molar-refractivity contribution in [3.05, 3.63) is 29.8 Å². The number of hydrogen-bond acceptors (Lipinski definition) is 3. The molecular formula is C12H16BrNO3S. The van der Waals surface area contributed by atoms with Crippen molar-refractivity contribution in [1.29, 1.82) is 0 Å². The number of sulfonamides is 1. The highest BCUT2D eigenvalue weighted by Crippen LogP contribution is 2.16. The highest BCUT2D eigenvalue weighted by atomic mass is 79.9. The van der Waals surface area contributed by atoms with E-state index >= 15 is 0 Å². The van der Waals surface area contributed by atoms with Crippen LogP contribution in [0, 0.1) is 0 Å². The predicted molar refractivity (Wildman–Crippen MR) is 74.7 cm³/mol. The second-order valence-corrected chi connectivity index (χ2v) is 6.79. The molecule has 6 heteroatoms. The second-order valence-electron chi connectivity index (χ2n) is 3.95. The Morgan fingerprint density at radius 1 is 1.39 bits per heavy atom. The fourth-order valence-electron chi connectivity index (χ4n) is 1.46. The average molecular weight is 334 g/mol. The minimum Gasteiger partial charge on any atom is -0.295 e. The number of carbonyl (C=O) groups excluding carboxylic acids is 1. The molecule has 0 radical (unpaired) electrons. The molecular weight excluding hydrogens is 318 g/mol. The van der Waals surface area contributed by atoms with Crippen LogP contribution in [0.1, 0.15) is 23.7 Å². The van der Waals surface area contributed by atoms with E-state index in [0.29, 0.717) is 12.1 Å². The summed E-state index contributed by atoms with van der Waals surface area (Å²) in [6, 6.07) is 6.12. The predicted octanol–water partition coefficient (Wildman–Crippen LogP) is 2.29. The molecule has 18 heavy (non-hydrogen) atoms. The van der Waals surface area contributed by atoms with Crippen LogP contribution in [0.3, 0.4) is 0 Å². The van der Waals surface area contributed by atoms with Gasteiger partial charge in [-0.15, -0.1) is 0 Å². The Balaban J connectivity index is 3.04. The molecule has 1 aromatic carbocycles. The monoisotopic (exact) mass is 333 g/mol. The zero-order valence-corrected chi connectivity index (χ0v) is 12.8. The normalized spacial score (nSPS) is 11.8. The summed E-state index contributed by atoms with van der Waals surface area (Å²) in [7, 11) is -1.97. The maximum Gasteiger partial charge on any atom is 0.242 e. The van der Waals surface area contributed by atoms with Crippen LogP contribution in [0.25, 0.3) is 0 Å². The first-order valence-corrected chi connectivity index (χ1v) is 8.09. The van der Waals surface area contributed by atoms with Gasteiger partial charge in [0, 0.05) is 24.5 Å². The van der Waals surface area contributed by atoms with Gasteiger partial charge in [-0.25, -0.2) is 12.7 Å². The van der Waals surface area contributed by atoms with E-state index in [1.54, 1.807) is 19.2 Å². The third-order valence-electron chi connectivity index (χ3n) is 2.56. The van der Waals surface area contributed by atoms with Gasteiger partial charge >= 0.3 is 0 Å². The lowest BCUT2D eigenvalue weighted by atomic mass is 10.2. The molecule has 100 valence electrons. The Labute approximate surface area is 116 Å². The smallest absolute Gasteiger partial charge is 0.242 e. The fourth-order valence-corrected chi connectivity index (χ4v) is 2.96. The summed E-state index contributed by atoms with van der Waals surface area (Å²) >= 11 is 3.27. The average Bonchev–Trinajstić information content (AvgIpc) is 2.35. The van der Waals surface area contributed by atoms with Gasteiger partial charge in [0.2, 0.25) is 10.0 Å². The van der Waals surface area contributed by atoms with Crippen LogP contribution in [-0.4, -0.2) is 37.4 Å². The molecule has 0 aliphatic rings. The second kappa shape index (κ2) is 6.45. The molecule has 0 unspecified atom stereocenters. The topological polar surface area (TPSA) is 54.5 Å². The van der Waals surface area contributed by atoms with Gasteiger partial charge in [-0.2, -0.15) is 0 Å². The van der Waals surface area contributed by atoms with Gasteiger partial charge in [-0.3, -0.25) is 4.79 Å². The number of hydrogen-bond donors (Lipinski definition) is 0. The minimum atomic E-state index is -3.51. The van der Waals surface area contributed by atoms with E-state index in [4.69, 9.17) is 0 Å². The lowest BCUT2D eigenvalue weighted by Gasteiger charge is -2.16. The summed E-state index contributed by atoms with van der Waals surface area (Å²) in [6.45, 7) is 1.86. The van der Waals surface area contributed by atoms with Crippen LogP contribution < -0.4 is 0 Å². The molecule has 0 aliphatic heterocycles. The molecule has 0 aromatic heterocycles. The maximum atomic E-state index is 12.2. The first-order chi connectivity index (χ1) is 8.39. The van der Waals surface area contributed by atoms with E-state index in [0.717, 1.165) is 11.8 Å². The van der Waals surface area contributed by atoms with Gasteiger partial charge in [-0.1, -0.05) is 28.1 Å². The number of Topliss-reactive ketones (excluding diaryl/α,β-unsaturated/α-hetero) is 1. The highest BCUT2D eigenvalue weighted by Gasteiger charge is 2.20. The van der Waals surface area contributed by atoms with Gasteiger partial charge in [0.05, 0.1) is 4.90 Å². The molecule has 0 bridgehead atoms. The van der Waals surface area contributed by atoms with Crippen molar-refractivity contribution in [1.82, 2.24) is 4.31 Å². The third kappa shape index (κ3) is 3.63. The number of nitrogens with zero attached hydrogens (tertiary/aromatic N) is 1.